The van der Waals surface area contributed by atoms with Gasteiger partial charge in [-0.15, -0.1) is 0 Å². The zero-order valence-electron chi connectivity index (χ0n) is 9.80. The smallest absolute Gasteiger partial charge is 0.311 e. The van der Waals surface area contributed by atoms with Crippen LogP contribution in [0.5, 0.6) is 0 Å². The molecule has 1 aliphatic heterocycles. The van der Waals surface area contributed by atoms with Gasteiger partial charge in [-0.05, 0) is 36.8 Å². The second-order valence-corrected chi connectivity index (χ2v) is 5.13. The molecule has 1 aliphatic carbocycles. The highest BCUT2D eigenvalue weighted by Gasteiger charge is 2.32. The van der Waals surface area contributed by atoms with Gasteiger partial charge in [0.2, 0.25) is 0 Å². The lowest BCUT2D eigenvalue weighted by Crippen LogP contribution is -2.34. The monoisotopic (exact) mass is 231 g/mol. The normalized spacial score (nSPS) is 23.3. The number of fused-ring (bicyclic) bond motifs is 1. The van der Waals surface area contributed by atoms with Crippen molar-refractivity contribution in [3.63, 3.8) is 0 Å². The van der Waals surface area contributed by atoms with Crippen LogP contribution in [0.15, 0.2) is 24.3 Å². The highest BCUT2D eigenvalue weighted by atomic mass is 16.4. The van der Waals surface area contributed by atoms with Gasteiger partial charge >= 0.3 is 5.97 Å². The maximum atomic E-state index is 11.2. The lowest BCUT2D eigenvalue weighted by atomic mass is 9.90. The van der Waals surface area contributed by atoms with Crippen LogP contribution in [0.2, 0.25) is 0 Å². The van der Waals surface area contributed by atoms with Crippen LogP contribution in [0, 0.1) is 5.92 Å². The van der Waals surface area contributed by atoms with Crippen molar-refractivity contribution < 1.29 is 9.90 Å². The van der Waals surface area contributed by atoms with Gasteiger partial charge in [0.25, 0.3) is 0 Å². The Bertz CT molecular complexity index is 440. The van der Waals surface area contributed by atoms with Crippen molar-refractivity contribution in [2.45, 2.75) is 25.2 Å². The van der Waals surface area contributed by atoms with E-state index < -0.39 is 5.97 Å². The third kappa shape index (κ3) is 2.02. The molecule has 90 valence electrons. The van der Waals surface area contributed by atoms with Crippen molar-refractivity contribution in [2.24, 2.45) is 5.92 Å². The fourth-order valence-electron chi connectivity index (χ4n) is 2.69. The zero-order valence-corrected chi connectivity index (χ0v) is 9.80. The van der Waals surface area contributed by atoms with Gasteiger partial charge in [0.15, 0.2) is 0 Å². The summed E-state index contributed by atoms with van der Waals surface area (Å²) in [5.74, 6) is -0.172. The van der Waals surface area contributed by atoms with Gasteiger partial charge < -0.3 is 10.0 Å². The zero-order chi connectivity index (χ0) is 11.8. The molecular weight excluding hydrogens is 214 g/mol. The summed E-state index contributed by atoms with van der Waals surface area (Å²) in [6.07, 6.45) is 3.40. The number of rotatable bonds is 3. The summed E-state index contributed by atoms with van der Waals surface area (Å²) in [5.41, 5.74) is 2.13. The summed E-state index contributed by atoms with van der Waals surface area (Å²) < 4.78 is 0. The van der Waals surface area contributed by atoms with Crippen LogP contribution in [0.25, 0.3) is 0 Å². The minimum absolute atomic E-state index is 0.318. The van der Waals surface area contributed by atoms with E-state index in [1.165, 1.54) is 12.8 Å². The summed E-state index contributed by atoms with van der Waals surface area (Å²) in [4.78, 5) is 13.6. The first-order valence-corrected chi connectivity index (χ1v) is 6.32. The van der Waals surface area contributed by atoms with Crippen molar-refractivity contribution in [2.75, 3.05) is 18.0 Å². The predicted octanol–water partition coefficient (Wildman–Crippen LogP) is 2.47. The molecule has 2 aliphatic rings. The van der Waals surface area contributed by atoms with E-state index in [1.54, 1.807) is 0 Å². The molecule has 17 heavy (non-hydrogen) atoms. The minimum Gasteiger partial charge on any atom is -0.481 e. The van der Waals surface area contributed by atoms with Gasteiger partial charge in [-0.1, -0.05) is 18.2 Å². The Hall–Kier alpha value is -1.51. The first-order chi connectivity index (χ1) is 8.25. The van der Waals surface area contributed by atoms with E-state index in [-0.39, 0.29) is 5.92 Å². The van der Waals surface area contributed by atoms with Crippen molar-refractivity contribution in [1.82, 2.24) is 0 Å². The number of nitrogens with zero attached hydrogens (tertiary/aromatic N) is 1. The topological polar surface area (TPSA) is 40.5 Å². The summed E-state index contributed by atoms with van der Waals surface area (Å²) in [7, 11) is 0. The van der Waals surface area contributed by atoms with Gasteiger partial charge in [-0.3, -0.25) is 4.79 Å². The highest BCUT2D eigenvalue weighted by Crippen LogP contribution is 2.38. The van der Waals surface area contributed by atoms with Crippen LogP contribution in [0.3, 0.4) is 0 Å². The Kier molecular flexibility index (Phi) is 2.54. The van der Waals surface area contributed by atoms with E-state index in [9.17, 15) is 9.90 Å². The maximum absolute atomic E-state index is 11.2. The lowest BCUT2D eigenvalue weighted by molar-refractivity contribution is -0.139. The Morgan fingerprint density at radius 2 is 2.06 bits per heavy atom. The molecule has 0 spiro atoms. The SMILES string of the molecule is O=C(O)C1CCN(CC2CC2)c2ccccc21. The van der Waals surface area contributed by atoms with Gasteiger partial charge in [0.05, 0.1) is 5.92 Å². The van der Waals surface area contributed by atoms with Crippen LogP contribution in [0.4, 0.5) is 5.69 Å². The molecule has 1 aromatic carbocycles. The van der Waals surface area contributed by atoms with Gasteiger partial charge in [-0.2, -0.15) is 0 Å². The van der Waals surface area contributed by atoms with Crippen LogP contribution in [-0.4, -0.2) is 24.2 Å². The van der Waals surface area contributed by atoms with E-state index >= 15 is 0 Å². The lowest BCUT2D eigenvalue weighted by Gasteiger charge is -2.34. The number of carboxylic acids is 1. The van der Waals surface area contributed by atoms with Crippen LogP contribution < -0.4 is 4.90 Å². The van der Waals surface area contributed by atoms with Crippen molar-refractivity contribution in [3.05, 3.63) is 29.8 Å². The second-order valence-electron chi connectivity index (χ2n) is 5.13. The number of para-hydroxylation sites is 1. The molecule has 3 heteroatoms. The average Bonchev–Trinajstić information content (AvgIpc) is 3.13. The highest BCUT2D eigenvalue weighted by molar-refractivity contribution is 5.80. The van der Waals surface area contributed by atoms with E-state index in [2.05, 4.69) is 11.0 Å². The number of hydrogen-bond acceptors (Lipinski definition) is 2. The standard InChI is InChI=1S/C14H17NO2/c16-14(17)12-7-8-15(9-10-5-6-10)13-4-2-1-3-11(12)13/h1-4,10,12H,5-9H2,(H,16,17). The molecule has 0 bridgehead atoms. The minimum atomic E-state index is -0.691. The molecule has 1 heterocycles. The Morgan fingerprint density at radius 1 is 1.29 bits per heavy atom. The molecule has 0 aromatic heterocycles. The van der Waals surface area contributed by atoms with Crippen LogP contribution in [0.1, 0.15) is 30.7 Å². The summed E-state index contributed by atoms with van der Waals surface area (Å²) in [6, 6.07) is 7.97. The molecule has 1 unspecified atom stereocenters. The van der Waals surface area contributed by atoms with E-state index in [4.69, 9.17) is 0 Å². The quantitative estimate of drug-likeness (QED) is 0.868. The van der Waals surface area contributed by atoms with Crippen molar-refractivity contribution in [1.29, 1.82) is 0 Å². The molecule has 1 atom stereocenters. The number of benzene rings is 1. The molecule has 1 N–H and O–H groups in total. The summed E-state index contributed by atoms with van der Waals surface area (Å²) in [5, 5.41) is 9.25. The Labute approximate surface area is 101 Å². The molecule has 1 saturated carbocycles. The average molecular weight is 231 g/mol. The van der Waals surface area contributed by atoms with Crippen molar-refractivity contribution >= 4 is 11.7 Å². The number of hydrogen-bond donors (Lipinski definition) is 1. The molecular formula is C14H17NO2. The molecule has 3 nitrogen and oxygen atoms in total. The van der Waals surface area contributed by atoms with Crippen molar-refractivity contribution in [3.8, 4) is 0 Å². The number of aliphatic carboxylic acids is 1. The van der Waals surface area contributed by atoms with Crippen LogP contribution in [-0.2, 0) is 4.79 Å². The molecule has 1 aromatic rings. The molecule has 3 rings (SSSR count). The molecule has 0 radical (unpaired) electrons. The maximum Gasteiger partial charge on any atom is 0.311 e. The number of carbonyl (C=O) groups is 1. The fraction of sp³-hybridized carbons (Fsp3) is 0.500. The van der Waals surface area contributed by atoms with Gasteiger partial charge in [0, 0.05) is 18.8 Å². The van der Waals surface area contributed by atoms with E-state index in [1.807, 2.05) is 18.2 Å². The number of carboxylic acid groups (broad SMARTS) is 1. The third-order valence-electron chi connectivity index (χ3n) is 3.81. The van der Waals surface area contributed by atoms with Gasteiger partial charge in [-0.25, -0.2) is 0 Å². The first-order valence-electron chi connectivity index (χ1n) is 6.32. The van der Waals surface area contributed by atoms with E-state index in [0.29, 0.717) is 0 Å². The largest absolute Gasteiger partial charge is 0.481 e. The van der Waals surface area contributed by atoms with Crippen LogP contribution >= 0.6 is 0 Å². The number of anilines is 1. The molecule has 0 saturated heterocycles. The van der Waals surface area contributed by atoms with Gasteiger partial charge in [0.1, 0.15) is 0 Å². The fourth-order valence-corrected chi connectivity index (χ4v) is 2.69. The first kappa shape index (κ1) is 10.6. The Balaban J connectivity index is 1.91. The predicted molar refractivity (Wildman–Crippen MR) is 66.4 cm³/mol. The Morgan fingerprint density at radius 3 is 2.76 bits per heavy atom. The summed E-state index contributed by atoms with van der Waals surface area (Å²) >= 11 is 0. The summed E-state index contributed by atoms with van der Waals surface area (Å²) in [6.45, 7) is 1.98. The second kappa shape index (κ2) is 4.06. The molecule has 1 fully saturated rings. The molecule has 0 amide bonds. The van der Waals surface area contributed by atoms with E-state index in [0.717, 1.165) is 36.7 Å². The third-order valence-corrected chi connectivity index (χ3v) is 3.81.